The van der Waals surface area contributed by atoms with Gasteiger partial charge in [-0.25, -0.2) is 0 Å². The molecule has 2 heteroatoms. The molecule has 0 aromatic rings. The monoisotopic (exact) mass is 211 g/mol. The quantitative estimate of drug-likeness (QED) is 0.744. The van der Waals surface area contributed by atoms with Crippen LogP contribution in [0, 0.1) is 5.41 Å². The number of halogens is 1. The Morgan fingerprint density at radius 3 is 2.20 bits per heavy atom. The fourth-order valence-corrected chi connectivity index (χ4v) is 2.05. The molecule has 1 aliphatic rings. The summed E-state index contributed by atoms with van der Waals surface area (Å²) in [5.41, 5.74) is 8.65. The van der Waals surface area contributed by atoms with Gasteiger partial charge < -0.3 is 5.73 Å². The molecule has 1 atom stereocenters. The molecule has 2 N–H and O–H groups in total. The lowest BCUT2D eigenvalue weighted by Crippen LogP contribution is -2.33. The fourth-order valence-electron chi connectivity index (χ4n) is 2.05. The maximum Gasteiger partial charge on any atom is 0.0785 e. The second-order valence-electron chi connectivity index (χ2n) is 4.31. The molecule has 0 saturated carbocycles. The molecule has 1 unspecified atom stereocenters. The van der Waals surface area contributed by atoms with Crippen molar-refractivity contribution in [1.82, 2.24) is 0 Å². The molecule has 0 fully saturated rings. The molecule has 0 aromatic carbocycles. The van der Waals surface area contributed by atoms with Crippen LogP contribution in [0.15, 0.2) is 36.5 Å². The lowest BCUT2D eigenvalue weighted by Gasteiger charge is -2.36. The maximum atomic E-state index is 9.50. The van der Waals surface area contributed by atoms with Gasteiger partial charge in [0.15, 0.2) is 0 Å². The van der Waals surface area contributed by atoms with E-state index in [0.717, 1.165) is 12.8 Å². The molecule has 0 aromatic heterocycles. The van der Waals surface area contributed by atoms with Gasteiger partial charge in [0, 0.05) is 6.04 Å². The van der Waals surface area contributed by atoms with Crippen LogP contribution in [-0.2, 0) is 0 Å². The van der Waals surface area contributed by atoms with Crippen LogP contribution < -0.4 is 5.73 Å². The minimum Gasteiger partial charge on any atom is -0.324 e. The number of allylic oxidation sites excluding steroid dienone is 2. The van der Waals surface area contributed by atoms with Crippen molar-refractivity contribution >= 4 is 0 Å². The zero-order valence-electron chi connectivity index (χ0n) is 10.0. The summed E-state index contributed by atoms with van der Waals surface area (Å²) in [5.74, 6) is 0. The number of rotatable bonds is 2. The Morgan fingerprint density at radius 1 is 1.33 bits per heavy atom. The van der Waals surface area contributed by atoms with Crippen molar-refractivity contribution in [2.24, 2.45) is 11.1 Å². The average molecular weight is 211 g/mol. The van der Waals surface area contributed by atoms with Crippen LogP contribution in [0.3, 0.4) is 0 Å². The highest BCUT2D eigenvalue weighted by Crippen LogP contribution is 2.40. The van der Waals surface area contributed by atoms with Gasteiger partial charge >= 0.3 is 0 Å². The SMILES string of the molecule is C=CC1=C(C=C)C(C)(C)CCC1N.CF. The van der Waals surface area contributed by atoms with E-state index >= 15 is 0 Å². The predicted octanol–water partition coefficient (Wildman–Crippen LogP) is 3.39. The van der Waals surface area contributed by atoms with Gasteiger partial charge in [-0.05, 0) is 29.4 Å². The summed E-state index contributed by atoms with van der Waals surface area (Å²) in [6.07, 6.45) is 5.98. The zero-order valence-corrected chi connectivity index (χ0v) is 10.0. The molecule has 1 rings (SSSR count). The van der Waals surface area contributed by atoms with Crippen molar-refractivity contribution in [2.45, 2.75) is 32.7 Å². The Hall–Kier alpha value is -0.890. The van der Waals surface area contributed by atoms with E-state index < -0.39 is 0 Å². The Morgan fingerprint density at radius 2 is 1.87 bits per heavy atom. The van der Waals surface area contributed by atoms with Crippen LogP contribution >= 0.6 is 0 Å². The Labute approximate surface area is 92.6 Å². The van der Waals surface area contributed by atoms with Gasteiger partial charge in [0.25, 0.3) is 0 Å². The van der Waals surface area contributed by atoms with Gasteiger partial charge in [0.05, 0.1) is 7.18 Å². The van der Waals surface area contributed by atoms with E-state index in [1.165, 1.54) is 11.1 Å². The van der Waals surface area contributed by atoms with Crippen LogP contribution in [0.2, 0.25) is 0 Å². The second-order valence-corrected chi connectivity index (χ2v) is 4.31. The third-order valence-corrected chi connectivity index (χ3v) is 2.94. The standard InChI is InChI=1S/C12H19N.CH3F/c1-5-9-10(6-2)12(3,4)8-7-11(9)13;1-2/h5-6,11H,1-2,7-8,13H2,3-4H3;1H3. The third-order valence-electron chi connectivity index (χ3n) is 2.94. The summed E-state index contributed by atoms with van der Waals surface area (Å²) in [5, 5.41) is 0. The molecule has 1 aliphatic carbocycles. The average Bonchev–Trinajstić information content (AvgIpc) is 2.24. The fraction of sp³-hybridized carbons (Fsp3) is 0.538. The summed E-state index contributed by atoms with van der Waals surface area (Å²) in [7, 11) is 0.500. The van der Waals surface area contributed by atoms with Gasteiger partial charge in [0.2, 0.25) is 0 Å². The molecule has 1 nitrogen and oxygen atoms in total. The van der Waals surface area contributed by atoms with Crippen LogP contribution in [-0.4, -0.2) is 13.2 Å². The molecule has 0 amide bonds. The van der Waals surface area contributed by atoms with E-state index in [9.17, 15) is 4.39 Å². The first kappa shape index (κ1) is 14.1. The van der Waals surface area contributed by atoms with E-state index in [4.69, 9.17) is 5.73 Å². The van der Waals surface area contributed by atoms with E-state index in [1.807, 2.05) is 12.2 Å². The van der Waals surface area contributed by atoms with Crippen LogP contribution in [0.25, 0.3) is 0 Å². The molecule has 0 heterocycles. The van der Waals surface area contributed by atoms with E-state index in [0.29, 0.717) is 7.18 Å². The van der Waals surface area contributed by atoms with Crippen molar-refractivity contribution in [1.29, 1.82) is 0 Å². The largest absolute Gasteiger partial charge is 0.324 e. The van der Waals surface area contributed by atoms with Gasteiger partial charge in [0.1, 0.15) is 0 Å². The summed E-state index contributed by atoms with van der Waals surface area (Å²) < 4.78 is 9.50. The van der Waals surface area contributed by atoms with Crippen molar-refractivity contribution in [2.75, 3.05) is 7.18 Å². The number of hydrogen-bond donors (Lipinski definition) is 1. The molecule has 0 bridgehead atoms. The van der Waals surface area contributed by atoms with Crippen LogP contribution in [0.1, 0.15) is 26.7 Å². The molecular weight excluding hydrogens is 189 g/mol. The molecule has 15 heavy (non-hydrogen) atoms. The second kappa shape index (κ2) is 5.86. The van der Waals surface area contributed by atoms with Crippen LogP contribution in [0.4, 0.5) is 4.39 Å². The Bertz CT molecular complexity index is 264. The molecule has 0 aliphatic heterocycles. The van der Waals surface area contributed by atoms with Crippen molar-refractivity contribution < 1.29 is 4.39 Å². The Kier molecular flexibility index (Phi) is 5.51. The highest BCUT2D eigenvalue weighted by atomic mass is 19.1. The normalized spacial score (nSPS) is 23.9. The smallest absolute Gasteiger partial charge is 0.0785 e. The molecular formula is C13H22FN. The lowest BCUT2D eigenvalue weighted by atomic mass is 9.71. The van der Waals surface area contributed by atoms with Gasteiger partial charge in [-0.1, -0.05) is 39.2 Å². The number of alkyl halides is 1. The summed E-state index contributed by atoms with van der Waals surface area (Å²) in [6.45, 7) is 12.1. The number of nitrogens with two attached hydrogens (primary N) is 1. The molecule has 0 spiro atoms. The van der Waals surface area contributed by atoms with Crippen molar-refractivity contribution in [3.05, 3.63) is 36.5 Å². The van der Waals surface area contributed by atoms with E-state index in [2.05, 4.69) is 27.0 Å². The van der Waals surface area contributed by atoms with Crippen LogP contribution in [0.5, 0.6) is 0 Å². The van der Waals surface area contributed by atoms with Gasteiger partial charge in [-0.15, -0.1) is 0 Å². The van der Waals surface area contributed by atoms with E-state index in [-0.39, 0.29) is 11.5 Å². The van der Waals surface area contributed by atoms with Crippen molar-refractivity contribution in [3.8, 4) is 0 Å². The number of hydrogen-bond acceptors (Lipinski definition) is 1. The van der Waals surface area contributed by atoms with Crippen molar-refractivity contribution in [3.63, 3.8) is 0 Å². The van der Waals surface area contributed by atoms with Gasteiger partial charge in [-0.2, -0.15) is 0 Å². The third kappa shape index (κ3) is 3.03. The van der Waals surface area contributed by atoms with E-state index in [1.54, 1.807) is 0 Å². The minimum absolute atomic E-state index is 0.151. The molecule has 0 saturated heterocycles. The summed E-state index contributed by atoms with van der Waals surface area (Å²) in [4.78, 5) is 0. The topological polar surface area (TPSA) is 26.0 Å². The summed E-state index contributed by atoms with van der Waals surface area (Å²) >= 11 is 0. The molecule has 0 radical (unpaired) electrons. The predicted molar refractivity (Wildman–Crippen MR) is 65.4 cm³/mol. The first-order valence-electron chi connectivity index (χ1n) is 5.16. The lowest BCUT2D eigenvalue weighted by molar-refractivity contribution is 0.363. The summed E-state index contributed by atoms with van der Waals surface area (Å²) in [6, 6.07) is 0.151. The maximum absolute atomic E-state index is 9.50. The first-order chi connectivity index (χ1) is 7.03. The highest BCUT2D eigenvalue weighted by molar-refractivity contribution is 5.40. The molecule has 86 valence electrons. The highest BCUT2D eigenvalue weighted by Gasteiger charge is 2.30. The Balaban J connectivity index is 0.000000921. The van der Waals surface area contributed by atoms with Gasteiger partial charge in [-0.3, -0.25) is 4.39 Å². The first-order valence-corrected chi connectivity index (χ1v) is 5.16. The zero-order chi connectivity index (χ0) is 12.1. The minimum atomic E-state index is 0.151.